The van der Waals surface area contributed by atoms with Crippen LogP contribution in [0.4, 0.5) is 0 Å². The Hall–Kier alpha value is -1.38. The van der Waals surface area contributed by atoms with Crippen LogP contribution < -0.4 is 3.96 Å². The van der Waals surface area contributed by atoms with Crippen LogP contribution in [0.2, 0.25) is 4.34 Å². The summed E-state index contributed by atoms with van der Waals surface area (Å²) in [6, 6.07) is 18.7. The monoisotopic (exact) mass is 260 g/mol. The molecule has 0 aliphatic rings. The van der Waals surface area contributed by atoms with Crippen molar-refractivity contribution in [2.75, 3.05) is 0 Å². The molecule has 1 nitrogen and oxygen atoms in total. The lowest BCUT2D eigenvalue weighted by atomic mass is 10.2. The highest BCUT2D eigenvalue weighted by Crippen LogP contribution is 2.25. The van der Waals surface area contributed by atoms with Gasteiger partial charge in [-0.25, -0.2) is 0 Å². The lowest BCUT2D eigenvalue weighted by Crippen LogP contribution is -2.29. The molecule has 0 bridgehead atoms. The number of nitrogens with zero attached hydrogens (tertiary/aromatic N) is 1. The maximum atomic E-state index is 6.24. The molecule has 1 aromatic heterocycles. The SMILES string of the molecule is Clc1s[n+](Cc2ccccc2)c2ccccc12. The summed E-state index contributed by atoms with van der Waals surface area (Å²) in [6.07, 6.45) is 0. The van der Waals surface area contributed by atoms with E-state index in [1.54, 1.807) is 11.5 Å². The zero-order valence-corrected chi connectivity index (χ0v) is 10.7. The fourth-order valence-corrected chi connectivity index (χ4v) is 3.26. The molecule has 84 valence electrons. The molecule has 0 N–H and O–H groups in total. The molecule has 0 aliphatic carbocycles. The summed E-state index contributed by atoms with van der Waals surface area (Å²) in [7, 11) is 0. The van der Waals surface area contributed by atoms with Gasteiger partial charge in [0.25, 0.3) is 0 Å². The molecule has 3 aromatic rings. The molecular weight excluding hydrogens is 250 g/mol. The molecule has 0 atom stereocenters. The van der Waals surface area contributed by atoms with Crippen LogP contribution in [0.5, 0.6) is 0 Å². The van der Waals surface area contributed by atoms with Crippen molar-refractivity contribution >= 4 is 34.0 Å². The van der Waals surface area contributed by atoms with Gasteiger partial charge in [0, 0.05) is 11.6 Å². The highest BCUT2D eigenvalue weighted by atomic mass is 35.5. The van der Waals surface area contributed by atoms with Gasteiger partial charge in [-0.05, 0) is 6.07 Å². The van der Waals surface area contributed by atoms with Crippen molar-refractivity contribution in [1.29, 1.82) is 0 Å². The zero-order chi connectivity index (χ0) is 11.7. The summed E-state index contributed by atoms with van der Waals surface area (Å²) in [4.78, 5) is 0. The molecule has 17 heavy (non-hydrogen) atoms. The normalized spacial score (nSPS) is 10.9. The van der Waals surface area contributed by atoms with E-state index in [0.717, 1.165) is 16.3 Å². The summed E-state index contributed by atoms with van der Waals surface area (Å²) < 4.78 is 3.09. The minimum atomic E-state index is 0.858. The predicted molar refractivity (Wildman–Crippen MR) is 72.6 cm³/mol. The second-order valence-electron chi connectivity index (χ2n) is 3.90. The Bertz CT molecular complexity index is 646. The van der Waals surface area contributed by atoms with E-state index in [2.05, 4.69) is 40.4 Å². The molecule has 0 saturated carbocycles. The molecule has 0 aliphatic heterocycles. The molecule has 0 amide bonds. The summed E-state index contributed by atoms with van der Waals surface area (Å²) in [5.41, 5.74) is 2.49. The minimum absolute atomic E-state index is 0.858. The van der Waals surface area contributed by atoms with Gasteiger partial charge < -0.3 is 0 Å². The Kier molecular flexibility index (Phi) is 2.83. The van der Waals surface area contributed by atoms with E-state index in [-0.39, 0.29) is 0 Å². The lowest BCUT2D eigenvalue weighted by Gasteiger charge is -1.94. The van der Waals surface area contributed by atoms with Crippen LogP contribution in [0.3, 0.4) is 0 Å². The fraction of sp³-hybridized carbons (Fsp3) is 0.0714. The number of hydrogen-bond donors (Lipinski definition) is 0. The lowest BCUT2D eigenvalue weighted by molar-refractivity contribution is -0.592. The minimum Gasteiger partial charge on any atom is -0.128 e. The molecule has 1 heterocycles. The Morgan fingerprint density at radius 1 is 0.941 bits per heavy atom. The first-order valence-corrected chi connectivity index (χ1v) is 6.61. The summed E-state index contributed by atoms with van der Waals surface area (Å²) in [6.45, 7) is 0.874. The molecular formula is C14H11ClNS+. The molecule has 2 aromatic carbocycles. The highest BCUT2D eigenvalue weighted by molar-refractivity contribution is 7.08. The Morgan fingerprint density at radius 2 is 1.65 bits per heavy atom. The van der Waals surface area contributed by atoms with Crippen LogP contribution in [0.25, 0.3) is 10.9 Å². The van der Waals surface area contributed by atoms with Gasteiger partial charge in [-0.2, -0.15) is 0 Å². The standard InChI is InChI=1S/C14H11ClNS/c15-14-12-8-4-5-9-13(12)16(17-14)10-11-6-2-1-3-7-11/h1-9H,10H2/q+1. The zero-order valence-electron chi connectivity index (χ0n) is 9.14. The predicted octanol–water partition coefficient (Wildman–Crippen LogP) is 3.89. The first-order valence-electron chi connectivity index (χ1n) is 5.46. The number of fused-ring (bicyclic) bond motifs is 1. The molecule has 0 radical (unpaired) electrons. The van der Waals surface area contributed by atoms with Gasteiger partial charge in [-0.3, -0.25) is 0 Å². The average molecular weight is 261 g/mol. The maximum absolute atomic E-state index is 6.24. The van der Waals surface area contributed by atoms with Gasteiger partial charge in [0.1, 0.15) is 0 Å². The molecule has 0 unspecified atom stereocenters. The first kappa shape index (κ1) is 10.8. The number of hydrogen-bond acceptors (Lipinski definition) is 1. The van der Waals surface area contributed by atoms with Gasteiger partial charge in [-0.1, -0.05) is 54.1 Å². The second kappa shape index (κ2) is 4.47. The Balaban J connectivity index is 2.07. The van der Waals surface area contributed by atoms with Crippen LogP contribution in [0.1, 0.15) is 5.56 Å². The second-order valence-corrected chi connectivity index (χ2v) is 5.54. The van der Waals surface area contributed by atoms with E-state index in [1.807, 2.05) is 18.2 Å². The third kappa shape index (κ3) is 2.06. The van der Waals surface area contributed by atoms with E-state index in [1.165, 1.54) is 11.1 Å². The van der Waals surface area contributed by atoms with Gasteiger partial charge in [0.15, 0.2) is 22.4 Å². The van der Waals surface area contributed by atoms with Gasteiger partial charge in [0.2, 0.25) is 5.52 Å². The van der Waals surface area contributed by atoms with Crippen LogP contribution in [0.15, 0.2) is 54.6 Å². The van der Waals surface area contributed by atoms with Crippen molar-refractivity contribution in [3.05, 3.63) is 64.5 Å². The number of para-hydroxylation sites is 1. The number of rotatable bonds is 2. The van der Waals surface area contributed by atoms with E-state index in [9.17, 15) is 0 Å². The Labute approximate surface area is 109 Å². The summed E-state index contributed by atoms with van der Waals surface area (Å²) in [5.74, 6) is 0. The van der Waals surface area contributed by atoms with E-state index in [4.69, 9.17) is 11.6 Å². The van der Waals surface area contributed by atoms with Crippen molar-refractivity contribution in [1.82, 2.24) is 0 Å². The number of halogens is 1. The van der Waals surface area contributed by atoms with E-state index >= 15 is 0 Å². The van der Waals surface area contributed by atoms with E-state index < -0.39 is 0 Å². The van der Waals surface area contributed by atoms with E-state index in [0.29, 0.717) is 0 Å². The Morgan fingerprint density at radius 3 is 2.47 bits per heavy atom. The molecule has 0 spiro atoms. The largest absolute Gasteiger partial charge is 0.229 e. The maximum Gasteiger partial charge on any atom is 0.229 e. The third-order valence-electron chi connectivity index (χ3n) is 2.74. The molecule has 3 rings (SSSR count). The van der Waals surface area contributed by atoms with Crippen LogP contribution in [0, 0.1) is 0 Å². The molecule has 0 fully saturated rings. The van der Waals surface area contributed by atoms with Gasteiger partial charge >= 0.3 is 0 Å². The number of benzene rings is 2. The fourth-order valence-electron chi connectivity index (χ4n) is 1.92. The van der Waals surface area contributed by atoms with Crippen molar-refractivity contribution in [3.63, 3.8) is 0 Å². The molecule has 0 saturated heterocycles. The van der Waals surface area contributed by atoms with Crippen molar-refractivity contribution in [2.24, 2.45) is 0 Å². The van der Waals surface area contributed by atoms with Gasteiger partial charge in [0.05, 0.1) is 5.39 Å². The van der Waals surface area contributed by atoms with Crippen molar-refractivity contribution < 1.29 is 3.96 Å². The highest BCUT2D eigenvalue weighted by Gasteiger charge is 2.17. The molecule has 3 heteroatoms. The smallest absolute Gasteiger partial charge is 0.128 e. The topological polar surface area (TPSA) is 3.88 Å². The van der Waals surface area contributed by atoms with Crippen molar-refractivity contribution in [3.8, 4) is 0 Å². The van der Waals surface area contributed by atoms with Crippen molar-refractivity contribution in [2.45, 2.75) is 6.54 Å². The average Bonchev–Trinajstić information content (AvgIpc) is 2.69. The van der Waals surface area contributed by atoms with Crippen LogP contribution in [-0.2, 0) is 6.54 Å². The van der Waals surface area contributed by atoms with Crippen LogP contribution in [-0.4, -0.2) is 0 Å². The van der Waals surface area contributed by atoms with Gasteiger partial charge in [-0.15, -0.1) is 3.96 Å². The summed E-state index contributed by atoms with van der Waals surface area (Å²) in [5, 5.41) is 1.13. The third-order valence-corrected chi connectivity index (χ3v) is 4.08. The summed E-state index contributed by atoms with van der Waals surface area (Å²) >= 11 is 7.85. The van der Waals surface area contributed by atoms with Crippen LogP contribution >= 0.6 is 23.1 Å². The quantitative estimate of drug-likeness (QED) is 0.616. The number of aromatic nitrogens is 1. The first-order chi connectivity index (χ1) is 8.34.